The third-order valence-corrected chi connectivity index (χ3v) is 6.83. The zero-order valence-corrected chi connectivity index (χ0v) is 20.6. The molecule has 1 fully saturated rings. The van der Waals surface area contributed by atoms with E-state index >= 15 is 0 Å². The average Bonchev–Trinajstić information content (AvgIpc) is 3.37. The molecule has 1 aliphatic heterocycles. The highest BCUT2D eigenvalue weighted by Crippen LogP contribution is 2.36. The van der Waals surface area contributed by atoms with Gasteiger partial charge in [0.25, 0.3) is 11.5 Å². The third kappa shape index (κ3) is 4.16. The molecule has 0 bridgehead atoms. The number of nitrogens with one attached hydrogen (secondary N) is 1. The fourth-order valence-electron chi connectivity index (χ4n) is 4.34. The Kier molecular flexibility index (Phi) is 6.00. The normalized spacial score (nSPS) is 15.7. The van der Waals surface area contributed by atoms with E-state index in [0.29, 0.717) is 12.2 Å². The first-order chi connectivity index (χ1) is 16.7. The SMILES string of the molecule is Cc1nc2c(N3CCC(N)C3)c(NC(=O)c3ccc(=O)n(-c4c(Cl)cccc4Cl)n3)ccc2n1C. The highest BCUT2D eigenvalue weighted by Gasteiger charge is 2.26. The number of carbonyl (C=O) groups is 1. The molecule has 4 aromatic rings. The Morgan fingerprint density at radius 1 is 1.11 bits per heavy atom. The Bertz CT molecular complexity index is 1510. The van der Waals surface area contributed by atoms with Crippen molar-refractivity contribution >= 4 is 51.5 Å². The van der Waals surface area contributed by atoms with Crippen molar-refractivity contribution in [2.75, 3.05) is 23.3 Å². The summed E-state index contributed by atoms with van der Waals surface area (Å²) in [4.78, 5) is 32.7. The van der Waals surface area contributed by atoms with Crippen LogP contribution in [0, 0.1) is 6.92 Å². The average molecular weight is 512 g/mol. The maximum absolute atomic E-state index is 13.3. The molecule has 1 saturated heterocycles. The number of hydrogen-bond acceptors (Lipinski definition) is 6. The van der Waals surface area contributed by atoms with Gasteiger partial charge < -0.3 is 20.5 Å². The van der Waals surface area contributed by atoms with Gasteiger partial charge in [-0.15, -0.1) is 0 Å². The summed E-state index contributed by atoms with van der Waals surface area (Å²) in [6, 6.07) is 11.3. The van der Waals surface area contributed by atoms with E-state index in [2.05, 4.69) is 15.3 Å². The standard InChI is InChI=1S/C24H23Cl2N7O2/c1-13-28-21-19(31(13)2)8-6-17(23(21)32-11-10-14(27)12-32)29-24(35)18-7-9-20(34)33(30-18)22-15(25)4-3-5-16(22)26/h3-9,14H,10-12,27H2,1-2H3,(H,29,35). The van der Waals surface area contributed by atoms with Crippen molar-refractivity contribution in [2.24, 2.45) is 12.8 Å². The number of benzene rings is 2. The maximum Gasteiger partial charge on any atom is 0.276 e. The van der Waals surface area contributed by atoms with Crippen LogP contribution in [0.2, 0.25) is 10.0 Å². The van der Waals surface area contributed by atoms with Gasteiger partial charge in [0.2, 0.25) is 0 Å². The largest absolute Gasteiger partial charge is 0.366 e. The molecule has 180 valence electrons. The number of fused-ring (bicyclic) bond motifs is 1. The van der Waals surface area contributed by atoms with Gasteiger partial charge in [-0.05, 0) is 43.7 Å². The molecule has 11 heteroatoms. The minimum atomic E-state index is -0.487. The van der Waals surface area contributed by atoms with E-state index in [1.54, 1.807) is 18.2 Å². The second-order valence-corrected chi connectivity index (χ2v) is 9.35. The monoisotopic (exact) mass is 511 g/mol. The molecule has 2 aromatic heterocycles. The highest BCUT2D eigenvalue weighted by molar-refractivity contribution is 6.37. The van der Waals surface area contributed by atoms with E-state index in [4.69, 9.17) is 33.9 Å². The molecule has 2 aromatic carbocycles. The van der Waals surface area contributed by atoms with Gasteiger partial charge >= 0.3 is 0 Å². The topological polar surface area (TPSA) is 111 Å². The molecule has 0 aliphatic carbocycles. The van der Waals surface area contributed by atoms with Gasteiger partial charge in [-0.2, -0.15) is 9.78 Å². The first kappa shape index (κ1) is 23.3. The van der Waals surface area contributed by atoms with Crippen LogP contribution in [0.1, 0.15) is 22.7 Å². The molecule has 1 amide bonds. The van der Waals surface area contributed by atoms with Crippen molar-refractivity contribution in [2.45, 2.75) is 19.4 Å². The van der Waals surface area contributed by atoms with E-state index in [1.165, 1.54) is 12.1 Å². The zero-order chi connectivity index (χ0) is 24.9. The number of hydrogen-bond donors (Lipinski definition) is 2. The first-order valence-electron chi connectivity index (χ1n) is 11.1. The molecule has 3 N–H and O–H groups in total. The lowest BCUT2D eigenvalue weighted by molar-refractivity contribution is 0.102. The summed E-state index contributed by atoms with van der Waals surface area (Å²) >= 11 is 12.5. The van der Waals surface area contributed by atoms with Gasteiger partial charge in [-0.1, -0.05) is 29.3 Å². The van der Waals surface area contributed by atoms with Crippen LogP contribution in [0.25, 0.3) is 16.7 Å². The second-order valence-electron chi connectivity index (χ2n) is 8.54. The summed E-state index contributed by atoms with van der Waals surface area (Å²) in [5, 5.41) is 7.69. The summed E-state index contributed by atoms with van der Waals surface area (Å²) in [6.45, 7) is 3.35. The van der Waals surface area contributed by atoms with Crippen molar-refractivity contribution in [3.8, 4) is 5.69 Å². The number of halogens is 2. The Hall–Kier alpha value is -3.40. The lowest BCUT2D eigenvalue weighted by Gasteiger charge is -2.22. The molecule has 1 aliphatic rings. The Balaban J connectivity index is 1.56. The van der Waals surface area contributed by atoms with Crippen LogP contribution < -0.4 is 21.5 Å². The van der Waals surface area contributed by atoms with Gasteiger partial charge in [-0.3, -0.25) is 9.59 Å². The lowest BCUT2D eigenvalue weighted by atomic mass is 10.2. The van der Waals surface area contributed by atoms with Crippen molar-refractivity contribution < 1.29 is 4.79 Å². The third-order valence-electron chi connectivity index (χ3n) is 6.22. The Labute approximate surface area is 211 Å². The van der Waals surface area contributed by atoms with Crippen molar-refractivity contribution in [3.63, 3.8) is 0 Å². The van der Waals surface area contributed by atoms with Gasteiger partial charge in [0.05, 0.1) is 26.9 Å². The van der Waals surface area contributed by atoms with Crippen LogP contribution in [-0.2, 0) is 7.05 Å². The smallest absolute Gasteiger partial charge is 0.276 e. The minimum absolute atomic E-state index is 0.0296. The number of rotatable bonds is 4. The maximum atomic E-state index is 13.3. The predicted molar refractivity (Wildman–Crippen MR) is 138 cm³/mol. The molecular formula is C24H23Cl2N7O2. The molecule has 0 saturated carbocycles. The number of anilines is 2. The lowest BCUT2D eigenvalue weighted by Crippen LogP contribution is -2.28. The van der Waals surface area contributed by atoms with Crippen LogP contribution in [0.4, 0.5) is 11.4 Å². The van der Waals surface area contributed by atoms with Gasteiger partial charge in [-0.25, -0.2) is 4.98 Å². The van der Waals surface area contributed by atoms with Crippen LogP contribution >= 0.6 is 23.2 Å². The Morgan fingerprint density at radius 3 is 2.54 bits per heavy atom. The van der Waals surface area contributed by atoms with Crippen molar-refractivity contribution in [1.82, 2.24) is 19.3 Å². The molecule has 0 spiro atoms. The molecule has 5 rings (SSSR count). The predicted octanol–water partition coefficient (Wildman–Crippen LogP) is 3.52. The summed E-state index contributed by atoms with van der Waals surface area (Å²) in [7, 11) is 1.95. The number of aromatic nitrogens is 4. The van der Waals surface area contributed by atoms with Crippen LogP contribution in [0.5, 0.6) is 0 Å². The number of nitrogens with two attached hydrogens (primary N) is 1. The van der Waals surface area contributed by atoms with E-state index in [0.717, 1.165) is 40.2 Å². The fraction of sp³-hybridized carbons (Fsp3) is 0.250. The molecule has 1 unspecified atom stereocenters. The molecule has 9 nitrogen and oxygen atoms in total. The minimum Gasteiger partial charge on any atom is -0.366 e. The van der Waals surface area contributed by atoms with Crippen LogP contribution in [0.15, 0.2) is 47.3 Å². The first-order valence-corrected chi connectivity index (χ1v) is 11.8. The quantitative estimate of drug-likeness (QED) is 0.433. The summed E-state index contributed by atoms with van der Waals surface area (Å²) in [5.74, 6) is 0.372. The molecule has 0 radical (unpaired) electrons. The van der Waals surface area contributed by atoms with Crippen molar-refractivity contribution in [3.05, 3.63) is 74.4 Å². The van der Waals surface area contributed by atoms with Crippen LogP contribution in [-0.4, -0.2) is 44.4 Å². The summed E-state index contributed by atoms with van der Waals surface area (Å²) in [6.07, 6.45) is 0.848. The van der Waals surface area contributed by atoms with Crippen LogP contribution in [0.3, 0.4) is 0 Å². The zero-order valence-electron chi connectivity index (χ0n) is 19.1. The van der Waals surface area contributed by atoms with E-state index < -0.39 is 11.5 Å². The second kappa shape index (κ2) is 8.99. The van der Waals surface area contributed by atoms with E-state index in [1.807, 2.05) is 30.7 Å². The van der Waals surface area contributed by atoms with E-state index in [-0.39, 0.29) is 27.5 Å². The number of aryl methyl sites for hydroxylation is 2. The Morgan fingerprint density at radius 2 is 1.86 bits per heavy atom. The number of carbonyl (C=O) groups excluding carboxylic acids is 1. The molecular weight excluding hydrogens is 489 g/mol. The molecule has 3 heterocycles. The fourth-order valence-corrected chi connectivity index (χ4v) is 4.90. The molecule has 1 atom stereocenters. The number of imidazole rings is 1. The van der Waals surface area contributed by atoms with Crippen molar-refractivity contribution in [1.29, 1.82) is 0 Å². The molecule has 35 heavy (non-hydrogen) atoms. The van der Waals surface area contributed by atoms with E-state index in [9.17, 15) is 9.59 Å². The number of amides is 1. The summed E-state index contributed by atoms with van der Waals surface area (Å²) < 4.78 is 3.04. The van der Waals surface area contributed by atoms with Gasteiger partial charge in [0, 0.05) is 32.2 Å². The number of nitrogens with zero attached hydrogens (tertiary/aromatic N) is 5. The number of para-hydroxylation sites is 1. The summed E-state index contributed by atoms with van der Waals surface area (Å²) in [5.41, 5.74) is 9.10. The van der Waals surface area contributed by atoms with Gasteiger partial charge in [0.1, 0.15) is 22.7 Å². The van der Waals surface area contributed by atoms with Gasteiger partial charge in [0.15, 0.2) is 0 Å². The highest BCUT2D eigenvalue weighted by atomic mass is 35.5.